The van der Waals surface area contributed by atoms with Crippen LogP contribution in [0.2, 0.25) is 0 Å². The summed E-state index contributed by atoms with van der Waals surface area (Å²) in [4.78, 5) is 12.6. The number of nitrogens with one attached hydrogen (secondary N) is 1. The fourth-order valence-corrected chi connectivity index (χ4v) is 6.66. The molecule has 11 nitrogen and oxygen atoms in total. The highest BCUT2D eigenvalue weighted by Crippen LogP contribution is 2.34. The second-order valence-corrected chi connectivity index (χ2v) is 13.3. The van der Waals surface area contributed by atoms with E-state index >= 15 is 0 Å². The van der Waals surface area contributed by atoms with Crippen LogP contribution in [0.3, 0.4) is 0 Å². The molecule has 3 N–H and O–H groups in total. The molecular formula is C42H49NO10. The first-order chi connectivity index (χ1) is 25.9. The van der Waals surface area contributed by atoms with E-state index in [9.17, 15) is 15.0 Å². The second kappa shape index (κ2) is 19.4. The summed E-state index contributed by atoms with van der Waals surface area (Å²) in [5.74, 6) is -0.388. The van der Waals surface area contributed by atoms with Crippen molar-refractivity contribution in [2.24, 2.45) is 0 Å². The summed E-state index contributed by atoms with van der Waals surface area (Å²) in [6, 6.07) is 37.5. The average Bonchev–Trinajstić information content (AvgIpc) is 3.18. The number of amides is 1. The quantitative estimate of drug-likeness (QED) is 0.150. The summed E-state index contributed by atoms with van der Waals surface area (Å²) in [5.41, 5.74) is 3.65. The topological polar surface area (TPSA) is 134 Å². The zero-order chi connectivity index (χ0) is 37.0. The van der Waals surface area contributed by atoms with Crippen molar-refractivity contribution in [2.75, 3.05) is 6.61 Å². The van der Waals surface area contributed by atoms with Crippen molar-refractivity contribution in [1.82, 2.24) is 5.32 Å². The first-order valence-electron chi connectivity index (χ1n) is 18.0. The van der Waals surface area contributed by atoms with E-state index in [0.29, 0.717) is 0 Å². The van der Waals surface area contributed by atoms with Crippen LogP contribution in [0, 0.1) is 0 Å². The molecule has 2 aliphatic heterocycles. The van der Waals surface area contributed by atoms with Gasteiger partial charge in [-0.2, -0.15) is 0 Å². The Balaban J connectivity index is 1.31. The third-order valence-corrected chi connectivity index (χ3v) is 9.35. The van der Waals surface area contributed by atoms with Gasteiger partial charge in [-0.25, -0.2) is 0 Å². The fraction of sp³-hybridized carbons (Fsp3) is 0.405. The number of hydrogen-bond donors (Lipinski definition) is 3. The molecule has 10 atom stereocenters. The molecule has 2 aliphatic rings. The van der Waals surface area contributed by atoms with Gasteiger partial charge in [-0.05, 0) is 29.2 Å². The summed E-state index contributed by atoms with van der Waals surface area (Å²) in [5, 5.41) is 25.3. The standard InChI is InChI=1S/C42H49NO10/c1-28-37(47-24-30-15-7-3-8-16-30)36(46)35(43-29(2)45)41(51-28)53-39-38(48-25-31-17-9-4-10-18-31)34(23-44)52-42(50-27-33-21-13-6-14-22-33)40(39)49-26-32-19-11-5-12-20-32/h3-22,28,34-42,44,46H,23-27H2,1-2H3,(H,43,45)/t28?,34?,35?,36?,37-,38+,39?,40?,41+,42-/m1/s1. The first kappa shape index (κ1) is 38.7. The molecular weight excluding hydrogens is 678 g/mol. The maximum absolute atomic E-state index is 12.6. The number of carbonyl (C=O) groups is 1. The SMILES string of the molecule is CC(=O)NC1C(O)[C@H](OCc2ccccc2)C(C)O[C@H]1OC1C(OCc2ccccc2)[C@H](OCc2ccccc2)OC(CO)[C@@H]1OCc1ccccc1. The highest BCUT2D eigenvalue weighted by atomic mass is 16.7. The lowest BCUT2D eigenvalue weighted by Crippen LogP contribution is -2.67. The average molecular weight is 728 g/mol. The second-order valence-electron chi connectivity index (χ2n) is 13.3. The van der Waals surface area contributed by atoms with Crippen LogP contribution in [-0.2, 0) is 64.4 Å². The Kier molecular flexibility index (Phi) is 14.1. The third-order valence-electron chi connectivity index (χ3n) is 9.35. The Hall–Kier alpha value is -4.01. The highest BCUT2D eigenvalue weighted by Gasteiger charge is 2.53. The van der Waals surface area contributed by atoms with Crippen LogP contribution in [0.25, 0.3) is 0 Å². The minimum atomic E-state index is -1.21. The molecule has 0 aliphatic carbocycles. The van der Waals surface area contributed by atoms with Gasteiger partial charge in [0.1, 0.15) is 42.7 Å². The lowest BCUT2D eigenvalue weighted by molar-refractivity contribution is -0.360. The molecule has 0 saturated carbocycles. The van der Waals surface area contributed by atoms with Crippen molar-refractivity contribution in [2.45, 2.75) is 102 Å². The summed E-state index contributed by atoms with van der Waals surface area (Å²) >= 11 is 0. The smallest absolute Gasteiger partial charge is 0.217 e. The van der Waals surface area contributed by atoms with Gasteiger partial charge in [0.2, 0.25) is 5.91 Å². The Morgan fingerprint density at radius 2 is 1.04 bits per heavy atom. The minimum absolute atomic E-state index is 0.182. The van der Waals surface area contributed by atoms with Crippen molar-refractivity contribution in [3.05, 3.63) is 144 Å². The van der Waals surface area contributed by atoms with Gasteiger partial charge in [0, 0.05) is 6.92 Å². The minimum Gasteiger partial charge on any atom is -0.394 e. The van der Waals surface area contributed by atoms with Crippen LogP contribution >= 0.6 is 0 Å². The molecule has 2 fully saturated rings. The van der Waals surface area contributed by atoms with E-state index in [0.717, 1.165) is 22.3 Å². The monoisotopic (exact) mass is 727 g/mol. The number of aliphatic hydroxyl groups is 2. The molecule has 53 heavy (non-hydrogen) atoms. The zero-order valence-corrected chi connectivity index (χ0v) is 30.0. The Bertz CT molecular complexity index is 1650. The fourth-order valence-electron chi connectivity index (χ4n) is 6.66. The van der Waals surface area contributed by atoms with Crippen molar-refractivity contribution in [3.63, 3.8) is 0 Å². The predicted molar refractivity (Wildman–Crippen MR) is 195 cm³/mol. The van der Waals surface area contributed by atoms with Gasteiger partial charge >= 0.3 is 0 Å². The molecule has 4 aromatic carbocycles. The zero-order valence-electron chi connectivity index (χ0n) is 30.0. The normalized spacial score (nSPS) is 28.7. The van der Waals surface area contributed by atoms with E-state index in [-0.39, 0.29) is 32.3 Å². The van der Waals surface area contributed by atoms with E-state index in [2.05, 4.69) is 5.32 Å². The van der Waals surface area contributed by atoms with Gasteiger partial charge in [-0.1, -0.05) is 121 Å². The van der Waals surface area contributed by atoms with Crippen LogP contribution in [0.5, 0.6) is 0 Å². The summed E-state index contributed by atoms with van der Waals surface area (Å²) < 4.78 is 45.4. The lowest BCUT2D eigenvalue weighted by Gasteiger charge is -2.49. The van der Waals surface area contributed by atoms with Crippen molar-refractivity contribution < 1.29 is 48.2 Å². The van der Waals surface area contributed by atoms with E-state index in [1.807, 2.05) is 121 Å². The number of benzene rings is 4. The summed E-state index contributed by atoms with van der Waals surface area (Å²) in [6.45, 7) is 3.54. The number of hydrogen-bond acceptors (Lipinski definition) is 10. The molecule has 282 valence electrons. The maximum Gasteiger partial charge on any atom is 0.217 e. The van der Waals surface area contributed by atoms with Gasteiger partial charge in [0.15, 0.2) is 12.6 Å². The Labute approximate surface area is 310 Å². The van der Waals surface area contributed by atoms with Crippen molar-refractivity contribution >= 4 is 5.91 Å². The molecule has 6 unspecified atom stereocenters. The molecule has 0 spiro atoms. The molecule has 1 amide bonds. The largest absolute Gasteiger partial charge is 0.394 e. The number of rotatable bonds is 16. The first-order valence-corrected chi connectivity index (χ1v) is 18.0. The van der Waals surface area contributed by atoms with Gasteiger partial charge in [0.05, 0.1) is 39.1 Å². The van der Waals surface area contributed by atoms with Crippen molar-refractivity contribution in [1.29, 1.82) is 0 Å². The molecule has 0 aromatic heterocycles. The molecule has 0 bridgehead atoms. The summed E-state index contributed by atoms with van der Waals surface area (Å²) in [7, 11) is 0. The molecule has 0 radical (unpaired) electrons. The molecule has 4 aromatic rings. The van der Waals surface area contributed by atoms with Crippen LogP contribution in [0.15, 0.2) is 121 Å². The molecule has 11 heteroatoms. The van der Waals surface area contributed by atoms with Crippen LogP contribution in [-0.4, -0.2) is 84.1 Å². The van der Waals surface area contributed by atoms with Crippen LogP contribution < -0.4 is 5.32 Å². The number of aliphatic hydroxyl groups excluding tert-OH is 2. The highest BCUT2D eigenvalue weighted by molar-refractivity contribution is 5.73. The lowest BCUT2D eigenvalue weighted by atomic mass is 9.95. The molecule has 2 saturated heterocycles. The van der Waals surface area contributed by atoms with E-state index < -0.39 is 68.0 Å². The third kappa shape index (κ3) is 10.6. The van der Waals surface area contributed by atoms with Crippen molar-refractivity contribution in [3.8, 4) is 0 Å². The number of ether oxygens (including phenoxy) is 7. The van der Waals surface area contributed by atoms with Crippen LogP contribution in [0.1, 0.15) is 36.1 Å². The van der Waals surface area contributed by atoms with E-state index in [4.69, 9.17) is 33.2 Å². The Morgan fingerprint density at radius 1 is 0.604 bits per heavy atom. The van der Waals surface area contributed by atoms with Gasteiger partial charge < -0.3 is 48.7 Å². The van der Waals surface area contributed by atoms with Gasteiger partial charge in [0.25, 0.3) is 0 Å². The molecule has 2 heterocycles. The summed E-state index contributed by atoms with van der Waals surface area (Å²) in [6.07, 6.45) is -8.50. The number of carbonyl (C=O) groups excluding carboxylic acids is 1. The van der Waals surface area contributed by atoms with Gasteiger partial charge in [-0.15, -0.1) is 0 Å². The predicted octanol–water partition coefficient (Wildman–Crippen LogP) is 4.67. The maximum atomic E-state index is 12.6. The Morgan fingerprint density at radius 3 is 1.49 bits per heavy atom. The van der Waals surface area contributed by atoms with E-state index in [1.165, 1.54) is 6.92 Å². The van der Waals surface area contributed by atoms with Gasteiger partial charge in [-0.3, -0.25) is 4.79 Å². The molecule has 6 rings (SSSR count). The van der Waals surface area contributed by atoms with Crippen LogP contribution in [0.4, 0.5) is 0 Å². The van der Waals surface area contributed by atoms with E-state index in [1.54, 1.807) is 6.92 Å².